The third-order valence-corrected chi connectivity index (χ3v) is 3.46. The first-order valence-electron chi connectivity index (χ1n) is 6.29. The normalized spacial score (nSPS) is 10.6. The van der Waals surface area contributed by atoms with Gasteiger partial charge in [0.2, 0.25) is 11.8 Å². The molecule has 0 saturated carbocycles. The van der Waals surface area contributed by atoms with Gasteiger partial charge in [-0.15, -0.1) is 10.2 Å². The van der Waals surface area contributed by atoms with Crippen molar-refractivity contribution < 1.29 is 8.81 Å². The van der Waals surface area contributed by atoms with Gasteiger partial charge in [-0.05, 0) is 46.3 Å². The third kappa shape index (κ3) is 3.28. The molecule has 0 atom stereocenters. The predicted octanol–water partition coefficient (Wildman–Crippen LogP) is 4.25. The molecule has 3 rings (SSSR count). The molecule has 2 aromatic carbocycles. The maximum Gasteiger partial charge on any atom is 0.247 e. The number of anilines is 1. The van der Waals surface area contributed by atoms with Crippen molar-refractivity contribution in [3.63, 3.8) is 0 Å². The van der Waals surface area contributed by atoms with Crippen LogP contribution >= 0.6 is 15.9 Å². The lowest BCUT2D eigenvalue weighted by atomic mass is 10.2. The first kappa shape index (κ1) is 13.8. The van der Waals surface area contributed by atoms with Crippen molar-refractivity contribution in [2.75, 3.05) is 5.32 Å². The van der Waals surface area contributed by atoms with Crippen LogP contribution in [0.25, 0.3) is 11.5 Å². The summed E-state index contributed by atoms with van der Waals surface area (Å²) in [6.45, 7) is 0.373. The van der Waals surface area contributed by atoms with Gasteiger partial charge in [0.05, 0.1) is 11.0 Å². The van der Waals surface area contributed by atoms with Crippen LogP contribution in [0.5, 0.6) is 0 Å². The van der Waals surface area contributed by atoms with Gasteiger partial charge in [0.25, 0.3) is 0 Å². The first-order valence-corrected chi connectivity index (χ1v) is 7.08. The van der Waals surface area contributed by atoms with E-state index in [4.69, 9.17) is 4.42 Å². The summed E-state index contributed by atoms with van der Waals surface area (Å²) in [5.41, 5.74) is 1.64. The van der Waals surface area contributed by atoms with Crippen LogP contribution in [0.1, 0.15) is 5.89 Å². The molecule has 0 aliphatic rings. The summed E-state index contributed by atoms with van der Waals surface area (Å²) in [5.74, 6) is 0.645. The minimum absolute atomic E-state index is 0.301. The number of nitrogens with one attached hydrogen (secondary N) is 1. The molecule has 1 heterocycles. The second-order valence-corrected chi connectivity index (χ2v) is 5.20. The number of aromatic nitrogens is 2. The van der Waals surface area contributed by atoms with Crippen molar-refractivity contribution in [2.24, 2.45) is 0 Å². The van der Waals surface area contributed by atoms with E-state index < -0.39 is 0 Å². The van der Waals surface area contributed by atoms with Gasteiger partial charge in [0.1, 0.15) is 5.82 Å². The van der Waals surface area contributed by atoms with E-state index >= 15 is 0 Å². The Balaban J connectivity index is 1.69. The molecule has 0 unspecified atom stereocenters. The van der Waals surface area contributed by atoms with E-state index in [1.165, 1.54) is 6.07 Å². The largest absolute Gasteiger partial charge is 0.419 e. The molecule has 0 radical (unpaired) electrons. The molecule has 4 nitrogen and oxygen atoms in total. The van der Waals surface area contributed by atoms with E-state index in [0.29, 0.717) is 22.8 Å². The van der Waals surface area contributed by atoms with Gasteiger partial charge in [-0.2, -0.15) is 0 Å². The molecule has 3 aromatic rings. The average molecular weight is 348 g/mol. The SMILES string of the molecule is Fc1ccc(NCc2nnc(-c3ccccc3)o2)cc1Br. The number of hydrogen-bond acceptors (Lipinski definition) is 4. The zero-order valence-corrected chi connectivity index (χ0v) is 12.5. The van der Waals surface area contributed by atoms with Crippen LogP contribution in [-0.4, -0.2) is 10.2 Å². The van der Waals surface area contributed by atoms with Crippen LogP contribution in [0.3, 0.4) is 0 Å². The molecule has 1 aromatic heterocycles. The lowest BCUT2D eigenvalue weighted by molar-refractivity contribution is 0.515. The van der Waals surface area contributed by atoms with Crippen LogP contribution < -0.4 is 5.32 Å². The summed E-state index contributed by atoms with van der Waals surface area (Å²) < 4.78 is 19.1. The summed E-state index contributed by atoms with van der Waals surface area (Å²) in [4.78, 5) is 0. The van der Waals surface area contributed by atoms with E-state index in [1.807, 2.05) is 30.3 Å². The Morgan fingerprint density at radius 2 is 1.90 bits per heavy atom. The molecule has 0 aliphatic heterocycles. The standard InChI is InChI=1S/C15H11BrFN3O/c16-12-8-11(6-7-13(12)17)18-9-14-19-20-15(21-14)10-4-2-1-3-5-10/h1-8,18H,9H2. The van der Waals surface area contributed by atoms with Crippen LogP contribution in [0.15, 0.2) is 57.4 Å². The molecular formula is C15H11BrFN3O. The molecule has 0 amide bonds. The Kier molecular flexibility index (Phi) is 3.96. The Bertz CT molecular complexity index is 746. The topological polar surface area (TPSA) is 51.0 Å². The van der Waals surface area contributed by atoms with Crippen LogP contribution in [0.4, 0.5) is 10.1 Å². The minimum Gasteiger partial charge on any atom is -0.419 e. The molecule has 0 bridgehead atoms. The Morgan fingerprint density at radius 1 is 1.10 bits per heavy atom. The molecular weight excluding hydrogens is 337 g/mol. The van der Waals surface area contributed by atoms with Gasteiger partial charge in [-0.1, -0.05) is 18.2 Å². The number of halogens is 2. The lowest BCUT2D eigenvalue weighted by Crippen LogP contribution is -1.99. The van der Waals surface area contributed by atoms with Crippen molar-refractivity contribution in [3.8, 4) is 11.5 Å². The van der Waals surface area contributed by atoms with Crippen molar-refractivity contribution in [3.05, 3.63) is 64.7 Å². The zero-order valence-electron chi connectivity index (χ0n) is 10.9. The van der Waals surface area contributed by atoms with E-state index in [0.717, 1.165) is 11.3 Å². The van der Waals surface area contributed by atoms with Gasteiger partial charge >= 0.3 is 0 Å². The minimum atomic E-state index is -0.301. The smallest absolute Gasteiger partial charge is 0.247 e. The highest BCUT2D eigenvalue weighted by molar-refractivity contribution is 9.10. The fourth-order valence-corrected chi connectivity index (χ4v) is 2.18. The molecule has 0 spiro atoms. The fraction of sp³-hybridized carbons (Fsp3) is 0.0667. The number of hydrogen-bond donors (Lipinski definition) is 1. The van der Waals surface area contributed by atoms with Crippen LogP contribution in [0, 0.1) is 5.82 Å². The van der Waals surface area contributed by atoms with E-state index in [9.17, 15) is 4.39 Å². The quantitative estimate of drug-likeness (QED) is 0.766. The Labute approximate surface area is 129 Å². The maximum absolute atomic E-state index is 13.1. The molecule has 106 valence electrons. The highest BCUT2D eigenvalue weighted by Gasteiger charge is 2.08. The molecule has 0 aliphatic carbocycles. The molecule has 6 heteroatoms. The summed E-state index contributed by atoms with van der Waals surface area (Å²) in [7, 11) is 0. The van der Waals surface area contributed by atoms with Crippen LogP contribution in [-0.2, 0) is 6.54 Å². The zero-order chi connectivity index (χ0) is 14.7. The van der Waals surface area contributed by atoms with Gasteiger partial charge in [0.15, 0.2) is 0 Å². The van der Waals surface area contributed by atoms with E-state index in [2.05, 4.69) is 31.4 Å². The summed E-state index contributed by atoms with van der Waals surface area (Å²) >= 11 is 3.14. The molecule has 0 saturated heterocycles. The van der Waals surface area contributed by atoms with Crippen LogP contribution in [0.2, 0.25) is 0 Å². The van der Waals surface area contributed by atoms with Gasteiger partial charge < -0.3 is 9.73 Å². The van der Waals surface area contributed by atoms with Crippen molar-refractivity contribution in [1.82, 2.24) is 10.2 Å². The number of rotatable bonds is 4. The van der Waals surface area contributed by atoms with Gasteiger partial charge in [-0.25, -0.2) is 4.39 Å². The Morgan fingerprint density at radius 3 is 2.67 bits per heavy atom. The highest BCUT2D eigenvalue weighted by Crippen LogP contribution is 2.21. The van der Waals surface area contributed by atoms with Gasteiger partial charge in [-0.3, -0.25) is 0 Å². The van der Waals surface area contributed by atoms with Gasteiger partial charge in [0, 0.05) is 11.3 Å². The summed E-state index contributed by atoms with van der Waals surface area (Å²) in [5, 5.41) is 11.1. The summed E-state index contributed by atoms with van der Waals surface area (Å²) in [6.07, 6.45) is 0. The molecule has 1 N–H and O–H groups in total. The molecule has 0 fully saturated rings. The third-order valence-electron chi connectivity index (χ3n) is 2.85. The van der Waals surface area contributed by atoms with E-state index in [-0.39, 0.29) is 5.82 Å². The fourth-order valence-electron chi connectivity index (χ4n) is 1.81. The first-order chi connectivity index (χ1) is 10.2. The maximum atomic E-state index is 13.1. The molecule has 21 heavy (non-hydrogen) atoms. The second-order valence-electron chi connectivity index (χ2n) is 4.35. The van der Waals surface area contributed by atoms with E-state index in [1.54, 1.807) is 12.1 Å². The van der Waals surface area contributed by atoms with Crippen molar-refractivity contribution in [1.29, 1.82) is 0 Å². The number of nitrogens with zero attached hydrogens (tertiary/aromatic N) is 2. The summed E-state index contributed by atoms with van der Waals surface area (Å²) in [6, 6.07) is 14.2. The second kappa shape index (κ2) is 6.05. The monoisotopic (exact) mass is 347 g/mol. The van der Waals surface area contributed by atoms with Crippen molar-refractivity contribution in [2.45, 2.75) is 6.54 Å². The highest BCUT2D eigenvalue weighted by atomic mass is 79.9. The van der Waals surface area contributed by atoms with Crippen molar-refractivity contribution >= 4 is 21.6 Å². The lowest BCUT2D eigenvalue weighted by Gasteiger charge is -2.04. The average Bonchev–Trinajstić information content (AvgIpc) is 2.98. The predicted molar refractivity (Wildman–Crippen MR) is 81.2 cm³/mol. The Hall–Kier alpha value is -2.21. The number of benzene rings is 2.